The van der Waals surface area contributed by atoms with Gasteiger partial charge in [0, 0.05) is 36.8 Å². The molecule has 0 aromatic heterocycles. The number of hydrogen-bond donors (Lipinski definition) is 1. The van der Waals surface area contributed by atoms with Crippen LogP contribution >= 0.6 is 0 Å². The Hall–Kier alpha value is -1.00. The van der Waals surface area contributed by atoms with Crippen LogP contribution in [-0.2, 0) is 6.54 Å². The van der Waals surface area contributed by atoms with Crippen LogP contribution in [0.2, 0.25) is 0 Å². The zero-order valence-corrected chi connectivity index (χ0v) is 13.6. The fourth-order valence-electron chi connectivity index (χ4n) is 2.75. The molecule has 0 bridgehead atoms. The van der Waals surface area contributed by atoms with Crippen LogP contribution in [0.4, 0.5) is 8.78 Å². The number of benzene rings is 1. The molecule has 1 atom stereocenters. The highest BCUT2D eigenvalue weighted by Crippen LogP contribution is 2.29. The van der Waals surface area contributed by atoms with E-state index in [-0.39, 0.29) is 16.5 Å². The van der Waals surface area contributed by atoms with Crippen molar-refractivity contribution >= 4 is 0 Å². The molecule has 1 aromatic carbocycles. The maximum atomic E-state index is 13.9. The topological polar surface area (TPSA) is 15.3 Å². The molecule has 0 aliphatic carbocycles. The smallest absolute Gasteiger partial charge is 0.130 e. The second-order valence-electron chi connectivity index (χ2n) is 7.69. The Bertz CT molecular complexity index is 486. The van der Waals surface area contributed by atoms with Crippen LogP contribution in [-0.4, -0.2) is 29.6 Å². The van der Waals surface area contributed by atoms with E-state index >= 15 is 0 Å². The van der Waals surface area contributed by atoms with Gasteiger partial charge < -0.3 is 5.32 Å². The van der Waals surface area contributed by atoms with E-state index in [0.717, 1.165) is 13.1 Å². The number of nitrogens with zero attached hydrogens (tertiary/aromatic N) is 1. The van der Waals surface area contributed by atoms with E-state index in [1.54, 1.807) is 0 Å². The van der Waals surface area contributed by atoms with E-state index in [1.165, 1.54) is 18.2 Å². The van der Waals surface area contributed by atoms with Gasteiger partial charge in [0.2, 0.25) is 0 Å². The fraction of sp³-hybridized carbons (Fsp3) is 0.647. The minimum atomic E-state index is -0.461. The third kappa shape index (κ3) is 3.61. The molecule has 21 heavy (non-hydrogen) atoms. The van der Waals surface area contributed by atoms with Gasteiger partial charge in [-0.25, -0.2) is 8.78 Å². The lowest BCUT2D eigenvalue weighted by Gasteiger charge is -2.49. The predicted molar refractivity (Wildman–Crippen MR) is 82.1 cm³/mol. The largest absolute Gasteiger partial charge is 0.310 e. The summed E-state index contributed by atoms with van der Waals surface area (Å²) in [4.78, 5) is 2.18. The summed E-state index contributed by atoms with van der Waals surface area (Å²) in [7, 11) is 0. The molecule has 1 saturated heterocycles. The first-order chi connectivity index (χ1) is 9.61. The van der Waals surface area contributed by atoms with Gasteiger partial charge in [-0.15, -0.1) is 0 Å². The molecule has 0 amide bonds. The van der Waals surface area contributed by atoms with Crippen molar-refractivity contribution < 1.29 is 8.78 Å². The third-order valence-electron chi connectivity index (χ3n) is 4.50. The summed E-state index contributed by atoms with van der Waals surface area (Å²) < 4.78 is 27.8. The molecule has 1 fully saturated rings. The van der Waals surface area contributed by atoms with E-state index in [4.69, 9.17) is 0 Å². The van der Waals surface area contributed by atoms with Crippen molar-refractivity contribution in [3.05, 3.63) is 35.4 Å². The lowest BCUT2D eigenvalue weighted by atomic mass is 9.82. The van der Waals surface area contributed by atoms with Crippen molar-refractivity contribution in [2.75, 3.05) is 13.1 Å². The molecular weight excluding hydrogens is 270 g/mol. The Morgan fingerprint density at radius 2 is 1.81 bits per heavy atom. The normalized spacial score (nSPS) is 23.3. The highest BCUT2D eigenvalue weighted by molar-refractivity contribution is 5.20. The maximum absolute atomic E-state index is 13.9. The monoisotopic (exact) mass is 296 g/mol. The number of rotatable bonds is 2. The molecule has 2 nitrogen and oxygen atoms in total. The summed E-state index contributed by atoms with van der Waals surface area (Å²) in [6, 6.07) is 4.37. The quantitative estimate of drug-likeness (QED) is 0.897. The van der Waals surface area contributed by atoms with Crippen molar-refractivity contribution in [2.45, 2.75) is 52.7 Å². The van der Waals surface area contributed by atoms with Crippen LogP contribution in [0.5, 0.6) is 0 Å². The van der Waals surface area contributed by atoms with Crippen LogP contribution in [0, 0.1) is 17.0 Å². The molecule has 1 aromatic rings. The van der Waals surface area contributed by atoms with Gasteiger partial charge in [-0.1, -0.05) is 26.8 Å². The number of piperazine rings is 1. The highest BCUT2D eigenvalue weighted by atomic mass is 19.1. The van der Waals surface area contributed by atoms with Crippen LogP contribution in [0.15, 0.2) is 18.2 Å². The summed E-state index contributed by atoms with van der Waals surface area (Å²) in [6.45, 7) is 12.7. The second kappa shape index (κ2) is 5.65. The van der Waals surface area contributed by atoms with Crippen molar-refractivity contribution in [1.29, 1.82) is 0 Å². The Morgan fingerprint density at radius 1 is 1.24 bits per heavy atom. The lowest BCUT2D eigenvalue weighted by molar-refractivity contribution is 0.0280. The van der Waals surface area contributed by atoms with E-state index in [2.05, 4.69) is 44.8 Å². The molecular formula is C17H26F2N2. The Morgan fingerprint density at radius 3 is 2.33 bits per heavy atom. The van der Waals surface area contributed by atoms with Crippen molar-refractivity contribution in [1.82, 2.24) is 10.2 Å². The summed E-state index contributed by atoms with van der Waals surface area (Å²) in [6.07, 6.45) is 0. The van der Waals surface area contributed by atoms with Gasteiger partial charge in [-0.2, -0.15) is 0 Å². The van der Waals surface area contributed by atoms with Crippen molar-refractivity contribution in [2.24, 2.45) is 5.41 Å². The lowest BCUT2D eigenvalue weighted by Crippen LogP contribution is -2.64. The summed E-state index contributed by atoms with van der Waals surface area (Å²) in [5, 5.41) is 3.57. The minimum absolute atomic E-state index is 0.114. The molecule has 118 valence electrons. The molecule has 1 aliphatic rings. The SMILES string of the molecule is CC(C)(C)C1CN(Cc2c(F)cccc2F)C(C)(C)CN1. The van der Waals surface area contributed by atoms with Crippen LogP contribution in [0.25, 0.3) is 0 Å². The van der Waals surface area contributed by atoms with Gasteiger partial charge in [0.05, 0.1) is 0 Å². The standard InChI is InChI=1S/C17H26F2N2/c1-16(2,3)15-10-21(17(4,5)11-20-15)9-12-13(18)7-6-8-14(12)19/h6-8,15,20H,9-11H2,1-5H3. The van der Waals surface area contributed by atoms with Crippen molar-refractivity contribution in [3.63, 3.8) is 0 Å². The summed E-state index contributed by atoms with van der Waals surface area (Å²) >= 11 is 0. The van der Waals surface area contributed by atoms with E-state index in [0.29, 0.717) is 12.6 Å². The zero-order chi connectivity index (χ0) is 15.8. The fourth-order valence-corrected chi connectivity index (χ4v) is 2.75. The average molecular weight is 296 g/mol. The van der Waals surface area contributed by atoms with Gasteiger partial charge in [0.15, 0.2) is 0 Å². The van der Waals surface area contributed by atoms with Crippen LogP contribution in [0.1, 0.15) is 40.2 Å². The average Bonchev–Trinajstić information content (AvgIpc) is 2.34. The first-order valence-electron chi connectivity index (χ1n) is 7.52. The molecule has 1 N–H and O–H groups in total. The maximum Gasteiger partial charge on any atom is 0.130 e. The Balaban J connectivity index is 2.23. The number of nitrogens with one attached hydrogen (secondary N) is 1. The van der Waals surface area contributed by atoms with Gasteiger partial charge in [-0.3, -0.25) is 4.90 Å². The number of halogens is 2. The molecule has 1 aliphatic heterocycles. The van der Waals surface area contributed by atoms with Gasteiger partial charge in [0.25, 0.3) is 0 Å². The molecule has 2 rings (SSSR count). The summed E-state index contributed by atoms with van der Waals surface area (Å²) in [5.74, 6) is -0.923. The van der Waals surface area contributed by atoms with E-state index in [1.807, 2.05) is 0 Å². The molecule has 0 spiro atoms. The van der Waals surface area contributed by atoms with Gasteiger partial charge >= 0.3 is 0 Å². The van der Waals surface area contributed by atoms with Crippen LogP contribution in [0.3, 0.4) is 0 Å². The van der Waals surface area contributed by atoms with Crippen molar-refractivity contribution in [3.8, 4) is 0 Å². The molecule has 0 saturated carbocycles. The zero-order valence-electron chi connectivity index (χ0n) is 13.6. The third-order valence-corrected chi connectivity index (χ3v) is 4.50. The summed E-state index contributed by atoms with van der Waals surface area (Å²) in [5.41, 5.74) is 0.152. The van der Waals surface area contributed by atoms with Gasteiger partial charge in [-0.05, 0) is 31.4 Å². The van der Waals surface area contributed by atoms with Crippen LogP contribution < -0.4 is 5.32 Å². The predicted octanol–water partition coefficient (Wildman–Crippen LogP) is 3.56. The molecule has 1 unspecified atom stereocenters. The Kier molecular flexibility index (Phi) is 4.41. The highest BCUT2D eigenvalue weighted by Gasteiger charge is 2.38. The second-order valence-corrected chi connectivity index (χ2v) is 7.69. The first-order valence-corrected chi connectivity index (χ1v) is 7.52. The molecule has 4 heteroatoms. The van der Waals surface area contributed by atoms with E-state index < -0.39 is 11.6 Å². The number of hydrogen-bond acceptors (Lipinski definition) is 2. The van der Waals surface area contributed by atoms with Gasteiger partial charge in [0.1, 0.15) is 11.6 Å². The minimum Gasteiger partial charge on any atom is -0.310 e. The Labute approximate surface area is 126 Å². The first kappa shape index (κ1) is 16.4. The molecule has 1 heterocycles. The molecule has 0 radical (unpaired) electrons. The van der Waals surface area contributed by atoms with E-state index in [9.17, 15) is 8.78 Å².